The van der Waals surface area contributed by atoms with Crippen LogP contribution in [0.15, 0.2) is 52.3 Å². The summed E-state index contributed by atoms with van der Waals surface area (Å²) in [6.07, 6.45) is 0.626. The molecule has 0 radical (unpaired) electrons. The maximum Gasteiger partial charge on any atom is 0.123 e. The van der Waals surface area contributed by atoms with E-state index in [9.17, 15) is 8.78 Å². The van der Waals surface area contributed by atoms with E-state index in [0.29, 0.717) is 13.0 Å². The summed E-state index contributed by atoms with van der Waals surface area (Å²) in [5.74, 6) is -0.525. The van der Waals surface area contributed by atoms with E-state index < -0.39 is 0 Å². The van der Waals surface area contributed by atoms with Crippen LogP contribution in [0, 0.1) is 11.6 Å². The molecule has 2 N–H and O–H groups in total. The lowest BCUT2D eigenvalue weighted by Crippen LogP contribution is -2.04. The van der Waals surface area contributed by atoms with Crippen LogP contribution in [-0.2, 0) is 6.42 Å². The molecule has 0 spiro atoms. The van der Waals surface area contributed by atoms with Gasteiger partial charge in [-0.25, -0.2) is 8.78 Å². The molecule has 0 saturated carbocycles. The van der Waals surface area contributed by atoms with Gasteiger partial charge in [0.05, 0.1) is 0 Å². The first-order valence-electron chi connectivity index (χ1n) is 5.61. The van der Waals surface area contributed by atoms with Gasteiger partial charge in [-0.3, -0.25) is 0 Å². The molecule has 2 aromatic rings. The second kappa shape index (κ2) is 5.98. The van der Waals surface area contributed by atoms with Gasteiger partial charge in [0.1, 0.15) is 11.6 Å². The van der Waals surface area contributed by atoms with Crippen molar-refractivity contribution in [3.8, 4) is 0 Å². The normalized spacial score (nSPS) is 10.6. The maximum atomic E-state index is 13.2. The Morgan fingerprint density at radius 3 is 2.28 bits per heavy atom. The van der Waals surface area contributed by atoms with Crippen LogP contribution >= 0.6 is 11.8 Å². The van der Waals surface area contributed by atoms with Gasteiger partial charge in [0.25, 0.3) is 0 Å². The fourth-order valence-electron chi connectivity index (χ4n) is 1.63. The number of halogens is 2. The third-order valence-corrected chi connectivity index (χ3v) is 3.60. The summed E-state index contributed by atoms with van der Waals surface area (Å²) in [5.41, 5.74) is 6.39. The molecular formula is C14H13F2NS. The van der Waals surface area contributed by atoms with E-state index in [1.54, 1.807) is 18.2 Å². The van der Waals surface area contributed by atoms with Crippen LogP contribution < -0.4 is 5.73 Å². The lowest BCUT2D eigenvalue weighted by molar-refractivity contribution is 0.623. The summed E-state index contributed by atoms with van der Waals surface area (Å²) in [5, 5.41) is 0. The Hall–Kier alpha value is -1.39. The summed E-state index contributed by atoms with van der Waals surface area (Å²) >= 11 is 1.48. The first kappa shape index (κ1) is 13.1. The average Bonchev–Trinajstić information content (AvgIpc) is 2.36. The van der Waals surface area contributed by atoms with Gasteiger partial charge in [-0.2, -0.15) is 0 Å². The largest absolute Gasteiger partial charge is 0.330 e. The molecule has 94 valence electrons. The molecule has 0 fully saturated rings. The fourth-order valence-corrected chi connectivity index (χ4v) is 2.58. The molecule has 1 nitrogen and oxygen atoms in total. The monoisotopic (exact) mass is 265 g/mol. The van der Waals surface area contributed by atoms with Gasteiger partial charge < -0.3 is 5.73 Å². The van der Waals surface area contributed by atoms with E-state index in [2.05, 4.69) is 0 Å². The van der Waals surface area contributed by atoms with E-state index in [-0.39, 0.29) is 11.6 Å². The standard InChI is InChI=1S/C14H13F2NS/c15-11-1-4-13(5-2-11)18-14-6-3-12(16)9-10(14)7-8-17/h1-6,9H,7-8,17H2. The molecule has 0 saturated heterocycles. The smallest absolute Gasteiger partial charge is 0.123 e. The molecule has 0 aliphatic heterocycles. The highest BCUT2D eigenvalue weighted by molar-refractivity contribution is 7.99. The molecule has 0 aliphatic rings. The van der Waals surface area contributed by atoms with Gasteiger partial charge in [0.2, 0.25) is 0 Å². The van der Waals surface area contributed by atoms with E-state index in [1.165, 1.54) is 36.0 Å². The highest BCUT2D eigenvalue weighted by Gasteiger charge is 2.06. The van der Waals surface area contributed by atoms with Crippen molar-refractivity contribution in [2.24, 2.45) is 5.73 Å². The lowest BCUT2D eigenvalue weighted by atomic mass is 10.1. The number of nitrogens with two attached hydrogens (primary N) is 1. The molecule has 18 heavy (non-hydrogen) atoms. The predicted octanol–water partition coefficient (Wildman–Crippen LogP) is 3.62. The number of benzene rings is 2. The fraction of sp³-hybridized carbons (Fsp3) is 0.143. The van der Waals surface area contributed by atoms with Crippen molar-refractivity contribution in [1.82, 2.24) is 0 Å². The van der Waals surface area contributed by atoms with Crippen LogP contribution in [0.1, 0.15) is 5.56 Å². The summed E-state index contributed by atoms with van der Waals surface area (Å²) in [6.45, 7) is 0.473. The van der Waals surface area contributed by atoms with Crippen molar-refractivity contribution in [3.05, 3.63) is 59.7 Å². The van der Waals surface area contributed by atoms with Crippen molar-refractivity contribution < 1.29 is 8.78 Å². The molecule has 0 atom stereocenters. The van der Waals surface area contributed by atoms with Gasteiger partial charge in [-0.1, -0.05) is 11.8 Å². The van der Waals surface area contributed by atoms with Crippen molar-refractivity contribution in [2.75, 3.05) is 6.54 Å². The minimum atomic E-state index is -0.263. The van der Waals surface area contributed by atoms with Gasteiger partial charge >= 0.3 is 0 Å². The molecule has 4 heteroatoms. The number of rotatable bonds is 4. The van der Waals surface area contributed by atoms with Crippen LogP contribution in [0.5, 0.6) is 0 Å². The molecule has 0 unspecified atom stereocenters. The van der Waals surface area contributed by atoms with Gasteiger partial charge in [0, 0.05) is 9.79 Å². The minimum Gasteiger partial charge on any atom is -0.330 e. The van der Waals surface area contributed by atoms with E-state index >= 15 is 0 Å². The Kier molecular flexibility index (Phi) is 4.33. The van der Waals surface area contributed by atoms with Crippen molar-refractivity contribution in [2.45, 2.75) is 16.2 Å². The Bertz CT molecular complexity index is 526. The van der Waals surface area contributed by atoms with Gasteiger partial charge in [-0.05, 0) is 61.0 Å². The van der Waals surface area contributed by atoms with E-state index in [0.717, 1.165) is 15.4 Å². The Morgan fingerprint density at radius 2 is 1.61 bits per heavy atom. The van der Waals surface area contributed by atoms with Crippen molar-refractivity contribution in [1.29, 1.82) is 0 Å². The zero-order valence-corrected chi connectivity index (χ0v) is 10.5. The van der Waals surface area contributed by atoms with Crippen molar-refractivity contribution in [3.63, 3.8) is 0 Å². The Morgan fingerprint density at radius 1 is 0.944 bits per heavy atom. The minimum absolute atomic E-state index is 0.262. The zero-order valence-electron chi connectivity index (χ0n) is 9.70. The summed E-state index contributed by atoms with van der Waals surface area (Å²) in [6, 6.07) is 10.9. The second-order valence-electron chi connectivity index (χ2n) is 3.85. The zero-order chi connectivity index (χ0) is 13.0. The topological polar surface area (TPSA) is 26.0 Å². The third kappa shape index (κ3) is 3.31. The number of hydrogen-bond acceptors (Lipinski definition) is 2. The molecule has 0 aliphatic carbocycles. The van der Waals surface area contributed by atoms with Crippen LogP contribution in [0.25, 0.3) is 0 Å². The Labute approximate surface area is 109 Å². The summed E-state index contributed by atoms with van der Waals surface area (Å²) < 4.78 is 26.0. The molecule has 0 bridgehead atoms. The highest BCUT2D eigenvalue weighted by atomic mass is 32.2. The molecule has 0 heterocycles. The highest BCUT2D eigenvalue weighted by Crippen LogP contribution is 2.31. The summed E-state index contributed by atoms with van der Waals surface area (Å²) in [7, 11) is 0. The van der Waals surface area contributed by atoms with Gasteiger partial charge in [0.15, 0.2) is 0 Å². The van der Waals surface area contributed by atoms with Crippen LogP contribution in [0.3, 0.4) is 0 Å². The molecule has 0 aromatic heterocycles. The third-order valence-electron chi connectivity index (χ3n) is 2.48. The summed E-state index contributed by atoms with van der Waals surface area (Å²) in [4.78, 5) is 1.87. The quantitative estimate of drug-likeness (QED) is 0.913. The second-order valence-corrected chi connectivity index (χ2v) is 4.96. The predicted molar refractivity (Wildman–Crippen MR) is 69.7 cm³/mol. The first-order chi connectivity index (χ1) is 8.69. The van der Waals surface area contributed by atoms with Gasteiger partial charge in [-0.15, -0.1) is 0 Å². The Balaban J connectivity index is 2.25. The maximum absolute atomic E-state index is 13.2. The van der Waals surface area contributed by atoms with Crippen LogP contribution in [-0.4, -0.2) is 6.54 Å². The van der Waals surface area contributed by atoms with Crippen LogP contribution in [0.2, 0.25) is 0 Å². The van der Waals surface area contributed by atoms with Crippen molar-refractivity contribution >= 4 is 11.8 Å². The lowest BCUT2D eigenvalue weighted by Gasteiger charge is -2.08. The molecule has 2 aromatic carbocycles. The molecular weight excluding hydrogens is 252 g/mol. The first-order valence-corrected chi connectivity index (χ1v) is 6.42. The molecule has 0 amide bonds. The van der Waals surface area contributed by atoms with Crippen LogP contribution in [0.4, 0.5) is 8.78 Å². The SMILES string of the molecule is NCCc1cc(F)ccc1Sc1ccc(F)cc1. The van der Waals surface area contributed by atoms with E-state index in [1.807, 2.05) is 0 Å². The molecule has 2 rings (SSSR count). The number of hydrogen-bond donors (Lipinski definition) is 1. The average molecular weight is 265 g/mol. The van der Waals surface area contributed by atoms with E-state index in [4.69, 9.17) is 5.73 Å².